The maximum atomic E-state index is 4.83. The number of hydrogen-bond donors (Lipinski definition) is 0. The van der Waals surface area contributed by atoms with Crippen molar-refractivity contribution in [2.45, 2.75) is 0 Å². The van der Waals surface area contributed by atoms with Gasteiger partial charge in [-0.05, 0) is 22.6 Å². The Morgan fingerprint density at radius 3 is 1.04 bits per heavy atom. The van der Waals surface area contributed by atoms with Crippen molar-refractivity contribution in [3.05, 3.63) is 212 Å². The van der Waals surface area contributed by atoms with E-state index in [1.165, 1.54) is 0 Å². The molecule has 0 spiro atoms. The van der Waals surface area contributed by atoms with Gasteiger partial charge in [-0.1, -0.05) is 109 Å². The van der Waals surface area contributed by atoms with Gasteiger partial charge in [0.15, 0.2) is 0 Å². The number of allylic oxidation sites excluding steroid dienone is 14. The Hall–Kier alpha value is -5.92. The van der Waals surface area contributed by atoms with Crippen LogP contribution in [-0.2, 0) is 19.5 Å². The summed E-state index contributed by atoms with van der Waals surface area (Å²) < 4.78 is 0. The number of nitrogens with zero attached hydrogens (tertiary/aromatic N) is 8. The minimum absolute atomic E-state index is 0. The number of hydrogen-bond acceptors (Lipinski definition) is 2. The molecule has 6 aliphatic heterocycles. The van der Waals surface area contributed by atoms with E-state index in [1.54, 1.807) is 37.2 Å². The molecule has 8 nitrogen and oxygen atoms in total. The molecule has 0 atom stereocenters. The third-order valence-electron chi connectivity index (χ3n) is 7.10. The van der Waals surface area contributed by atoms with Gasteiger partial charge < -0.3 is 31.9 Å². The fourth-order valence-electron chi connectivity index (χ4n) is 5.00. The number of rotatable bonds is 0. The molecule has 6 aliphatic rings. The van der Waals surface area contributed by atoms with Crippen LogP contribution in [0.3, 0.4) is 0 Å². The van der Waals surface area contributed by atoms with Gasteiger partial charge in [0.1, 0.15) is 0 Å². The zero-order valence-corrected chi connectivity index (χ0v) is 26.7. The average Bonchev–Trinajstić information content (AvgIpc) is 3.16. The molecule has 9 rings (SSSR count). The van der Waals surface area contributed by atoms with Crippen molar-refractivity contribution < 1.29 is 19.5 Å². The van der Waals surface area contributed by atoms with E-state index in [2.05, 4.69) is 31.9 Å². The molecule has 0 radical (unpaired) electrons. The number of fused-ring (bicyclic) bond motifs is 7. The van der Waals surface area contributed by atoms with Gasteiger partial charge in [-0.3, -0.25) is 0 Å². The average molecular weight is 696 g/mol. The van der Waals surface area contributed by atoms with Crippen LogP contribution in [0.5, 0.6) is 0 Å². The van der Waals surface area contributed by atoms with Crippen molar-refractivity contribution in [2.75, 3.05) is 0 Å². The summed E-state index contributed by atoms with van der Waals surface area (Å²) in [5.74, 6) is 0. The fraction of sp³-hybridized carbons (Fsp3) is 0. The number of benzene rings is 2. The Morgan fingerprint density at radius 1 is 0.383 bits per heavy atom. The molecule has 7 heterocycles. The van der Waals surface area contributed by atoms with Gasteiger partial charge in [-0.15, -0.1) is 11.4 Å². The van der Waals surface area contributed by atoms with E-state index in [4.69, 9.17) is 9.97 Å². The predicted molar refractivity (Wildman–Crippen MR) is 190 cm³/mol. The summed E-state index contributed by atoms with van der Waals surface area (Å²) in [4.78, 5) is 9.65. The molecule has 0 N–H and O–H groups in total. The normalized spacial score (nSPS) is 19.7. The molecule has 0 amide bonds. The van der Waals surface area contributed by atoms with E-state index in [9.17, 15) is 0 Å². The molecular formula is C38H26N8Ru+2. The van der Waals surface area contributed by atoms with Crippen LogP contribution in [0.15, 0.2) is 169 Å². The van der Waals surface area contributed by atoms with Crippen LogP contribution in [0, 0.1) is 0 Å². The topological polar surface area (TPSA) is 110 Å². The zero-order chi connectivity index (χ0) is 31.0. The van der Waals surface area contributed by atoms with Crippen molar-refractivity contribution >= 4 is 45.6 Å². The molecule has 0 bridgehead atoms. The maximum absolute atomic E-state index is 4.83. The molecule has 0 unspecified atom stereocenters. The van der Waals surface area contributed by atoms with Crippen molar-refractivity contribution in [2.24, 2.45) is 0 Å². The Morgan fingerprint density at radius 2 is 0.723 bits per heavy atom. The smallest absolute Gasteiger partial charge is 0.665 e. The molecule has 224 valence electrons. The van der Waals surface area contributed by atoms with Crippen LogP contribution < -0.4 is 10.4 Å². The third kappa shape index (κ3) is 7.01. The minimum atomic E-state index is 0. The van der Waals surface area contributed by atoms with Crippen molar-refractivity contribution in [3.8, 4) is 0 Å². The van der Waals surface area contributed by atoms with Crippen molar-refractivity contribution in [3.63, 3.8) is 0 Å². The summed E-state index contributed by atoms with van der Waals surface area (Å²) in [6.45, 7) is 0. The van der Waals surface area contributed by atoms with Gasteiger partial charge in [0.25, 0.3) is 0 Å². The second kappa shape index (κ2) is 14.9. The first-order valence-electron chi connectivity index (χ1n) is 14.7. The van der Waals surface area contributed by atoms with Crippen LogP contribution in [0.4, 0.5) is 11.4 Å². The molecule has 9 heteroatoms. The van der Waals surface area contributed by atoms with Gasteiger partial charge in [-0.25, -0.2) is 9.97 Å². The van der Waals surface area contributed by atoms with Crippen LogP contribution in [0.2, 0.25) is 0 Å². The first-order valence-corrected chi connectivity index (χ1v) is 14.7. The van der Waals surface area contributed by atoms with Gasteiger partial charge in [-0.2, -0.15) is 60.0 Å². The third-order valence-corrected chi connectivity index (χ3v) is 7.10. The Bertz CT molecular complexity index is 1980. The van der Waals surface area contributed by atoms with E-state index in [1.807, 2.05) is 121 Å². The quantitative estimate of drug-likeness (QED) is 0.172. The molecule has 0 fully saturated rings. The molecule has 47 heavy (non-hydrogen) atoms. The van der Waals surface area contributed by atoms with Gasteiger partial charge >= 0.3 is 19.5 Å². The van der Waals surface area contributed by atoms with E-state index in [0.29, 0.717) is 0 Å². The molecule has 3 aromatic rings. The van der Waals surface area contributed by atoms with Gasteiger partial charge in [0.2, 0.25) is 0 Å². The standard InChI is InChI=1S/C18H10N4.2C10H8N2.Ru/c1-2-8-14-13(7-1)21-17-11-5-3-9-19-15(11)16-12(18(17)22-14)6-4-10-20-16;2*1-3-7-11-9(5-1)10-6-2-4-8-12-10;/h1-10H;2*1-8H;/q3*-2;+8. The van der Waals surface area contributed by atoms with Crippen LogP contribution in [0.1, 0.15) is 0 Å². The summed E-state index contributed by atoms with van der Waals surface area (Å²) in [6.07, 6.45) is 41.7. The molecule has 0 saturated heterocycles. The second-order valence-corrected chi connectivity index (χ2v) is 10.1. The number of aromatic nitrogens is 2. The van der Waals surface area contributed by atoms with E-state index in [-0.39, 0.29) is 19.5 Å². The Labute approximate surface area is 285 Å². The minimum Gasteiger partial charge on any atom is -0.665 e. The first-order chi connectivity index (χ1) is 22.8. The Kier molecular flexibility index (Phi) is 9.86. The molecular weight excluding hydrogens is 670 g/mol. The summed E-state index contributed by atoms with van der Waals surface area (Å²) >= 11 is 0. The summed E-state index contributed by atoms with van der Waals surface area (Å²) in [6, 6.07) is 7.92. The summed E-state index contributed by atoms with van der Waals surface area (Å²) in [5.41, 5.74) is 8.94. The predicted octanol–water partition coefficient (Wildman–Crippen LogP) is 9.63. The monoisotopic (exact) mass is 696 g/mol. The second-order valence-electron chi connectivity index (χ2n) is 10.1. The van der Waals surface area contributed by atoms with Gasteiger partial charge in [0.05, 0.1) is 22.1 Å². The Balaban J connectivity index is 0.000000132. The number of para-hydroxylation sites is 2. The molecule has 0 saturated carbocycles. The van der Waals surface area contributed by atoms with Crippen LogP contribution in [-0.4, -0.2) is 9.97 Å². The molecule has 0 aliphatic carbocycles. The van der Waals surface area contributed by atoms with E-state index >= 15 is 0 Å². The zero-order valence-electron chi connectivity index (χ0n) is 24.9. The fourth-order valence-corrected chi connectivity index (χ4v) is 5.00. The molecule has 2 aromatic carbocycles. The summed E-state index contributed by atoms with van der Waals surface area (Å²) in [7, 11) is 0. The van der Waals surface area contributed by atoms with Crippen molar-refractivity contribution in [1.29, 1.82) is 0 Å². The van der Waals surface area contributed by atoms with Crippen LogP contribution >= 0.6 is 0 Å². The van der Waals surface area contributed by atoms with E-state index < -0.39 is 0 Å². The van der Waals surface area contributed by atoms with Crippen molar-refractivity contribution in [1.82, 2.24) is 9.97 Å². The SMILES string of the molecule is C1=C[N-]C(=C2C=CC=C[N-]2)C=C1.C1=C[N-]C(=C2C=CC=C[N-]2)C=C1.C1=C[N-]c2c3c(c4nc5ccccc5nc4c2=C1)=CC=C[N-]3.[Ru+8]. The summed E-state index contributed by atoms with van der Waals surface area (Å²) in [5, 5.41) is 27.7. The first kappa shape index (κ1) is 31.1. The van der Waals surface area contributed by atoms with Gasteiger partial charge in [0, 0.05) is 0 Å². The van der Waals surface area contributed by atoms with Crippen LogP contribution in [0.25, 0.3) is 66.1 Å². The maximum Gasteiger partial charge on any atom is 8.00 e. The largest absolute Gasteiger partial charge is 8.00 e. The van der Waals surface area contributed by atoms with E-state index in [0.717, 1.165) is 66.7 Å². The molecule has 1 aromatic heterocycles.